The van der Waals surface area contributed by atoms with Gasteiger partial charge in [0.15, 0.2) is 0 Å². The van der Waals surface area contributed by atoms with Crippen LogP contribution in [0.3, 0.4) is 0 Å². The molecule has 0 spiro atoms. The van der Waals surface area contributed by atoms with E-state index in [4.69, 9.17) is 9.05 Å². The minimum absolute atomic E-state index is 0.175. The molecular weight excluding hydrogens is 239 g/mol. The molecule has 0 bridgehead atoms. The molecule has 0 aliphatic heterocycles. The van der Waals surface area contributed by atoms with E-state index in [1.807, 2.05) is 34.6 Å². The zero-order valence-electron chi connectivity index (χ0n) is 11.5. The van der Waals surface area contributed by atoms with Crippen molar-refractivity contribution in [1.29, 1.82) is 0 Å². The normalized spacial score (nSPS) is 14.3. The summed E-state index contributed by atoms with van der Waals surface area (Å²) in [6.45, 7) is 9.27. The summed E-state index contributed by atoms with van der Waals surface area (Å²) in [6.07, 6.45) is 2.20. The fourth-order valence-electron chi connectivity index (χ4n) is 1.63. The molecule has 4 nitrogen and oxygen atoms in total. The van der Waals surface area contributed by atoms with Crippen LogP contribution in [0.2, 0.25) is 0 Å². The molecule has 1 atom stereocenters. The molecule has 0 saturated carbocycles. The summed E-state index contributed by atoms with van der Waals surface area (Å²) >= 11 is 0. The van der Waals surface area contributed by atoms with E-state index < -0.39 is 7.60 Å². The van der Waals surface area contributed by atoms with Crippen LogP contribution in [0.4, 0.5) is 0 Å². The molecule has 0 radical (unpaired) electrons. The van der Waals surface area contributed by atoms with E-state index in [-0.39, 0.29) is 24.3 Å². The molecular formula is C12H25O4P. The summed E-state index contributed by atoms with van der Waals surface area (Å²) in [5.41, 5.74) is -0.324. The maximum Gasteiger partial charge on any atom is 0.334 e. The van der Waals surface area contributed by atoms with Crippen LogP contribution in [0.1, 0.15) is 53.9 Å². The van der Waals surface area contributed by atoms with Crippen LogP contribution in [0.5, 0.6) is 0 Å². The first kappa shape index (κ1) is 16.8. The molecule has 0 aliphatic carbocycles. The van der Waals surface area contributed by atoms with E-state index in [0.717, 1.165) is 12.7 Å². The quantitative estimate of drug-likeness (QED) is 0.469. The van der Waals surface area contributed by atoms with Crippen LogP contribution >= 0.6 is 7.60 Å². The molecule has 5 heteroatoms. The summed E-state index contributed by atoms with van der Waals surface area (Å²) in [6, 6.07) is 0. The molecule has 0 aliphatic rings. The molecule has 0 aromatic rings. The van der Waals surface area contributed by atoms with Crippen molar-refractivity contribution in [2.75, 3.05) is 0 Å². The van der Waals surface area contributed by atoms with Gasteiger partial charge in [0, 0.05) is 6.42 Å². The maximum atomic E-state index is 12.7. The van der Waals surface area contributed by atoms with Crippen molar-refractivity contribution in [3.63, 3.8) is 0 Å². The molecule has 0 fully saturated rings. The highest BCUT2D eigenvalue weighted by Gasteiger charge is 2.36. The lowest BCUT2D eigenvalue weighted by atomic mass is 10.2. The molecule has 0 rings (SSSR count). The van der Waals surface area contributed by atoms with Gasteiger partial charge >= 0.3 is 7.60 Å². The molecule has 102 valence electrons. The first-order valence-corrected chi connectivity index (χ1v) is 7.87. The molecule has 0 saturated heterocycles. The second-order valence-corrected chi connectivity index (χ2v) is 6.92. The predicted molar refractivity (Wildman–Crippen MR) is 69.4 cm³/mol. The number of aldehydes is 1. The number of carbonyl (C=O) groups excluding carboxylic acids is 1. The summed E-state index contributed by atoms with van der Waals surface area (Å²) in [5, 5.41) is 0. The highest BCUT2D eigenvalue weighted by molar-refractivity contribution is 7.54. The van der Waals surface area contributed by atoms with E-state index in [2.05, 4.69) is 0 Å². The lowest BCUT2D eigenvalue weighted by Crippen LogP contribution is -2.19. The molecule has 0 amide bonds. The summed E-state index contributed by atoms with van der Waals surface area (Å²) in [4.78, 5) is 10.7. The van der Waals surface area contributed by atoms with Gasteiger partial charge < -0.3 is 13.8 Å². The second-order valence-electron chi connectivity index (χ2n) is 4.69. The summed E-state index contributed by atoms with van der Waals surface area (Å²) in [5.74, 6) is 0. The number of hydrogen-bond donors (Lipinski definition) is 0. The first-order valence-electron chi connectivity index (χ1n) is 6.25. The monoisotopic (exact) mass is 264 g/mol. The largest absolute Gasteiger partial charge is 0.334 e. The van der Waals surface area contributed by atoms with E-state index in [1.165, 1.54) is 0 Å². The number of hydrogen-bond acceptors (Lipinski definition) is 4. The van der Waals surface area contributed by atoms with Crippen LogP contribution in [-0.4, -0.2) is 24.2 Å². The minimum Gasteiger partial charge on any atom is -0.306 e. The lowest BCUT2D eigenvalue weighted by Gasteiger charge is -2.28. The minimum atomic E-state index is -3.21. The van der Waals surface area contributed by atoms with Gasteiger partial charge in [-0.1, -0.05) is 13.3 Å². The van der Waals surface area contributed by atoms with Gasteiger partial charge in [-0.3, -0.25) is 4.57 Å². The van der Waals surface area contributed by atoms with Gasteiger partial charge in [-0.2, -0.15) is 0 Å². The van der Waals surface area contributed by atoms with Crippen LogP contribution in [-0.2, 0) is 18.4 Å². The third kappa shape index (κ3) is 6.35. The highest BCUT2D eigenvalue weighted by atomic mass is 31.2. The predicted octanol–water partition coefficient (Wildman–Crippen LogP) is 3.79. The average Bonchev–Trinajstić information content (AvgIpc) is 2.14. The standard InChI is InChI=1S/C12H25O4P/c1-6-7-12(8-9-13)17(14,15-10(2)3)16-11(4)5/h9-12H,6-8H2,1-5H3/t12-/m1/s1. The van der Waals surface area contributed by atoms with Gasteiger partial charge in [-0.25, -0.2) is 0 Å². The Labute approximate surface area is 105 Å². The third-order valence-corrected chi connectivity index (χ3v) is 4.95. The average molecular weight is 264 g/mol. The van der Waals surface area contributed by atoms with Crippen molar-refractivity contribution in [2.24, 2.45) is 0 Å². The Bertz CT molecular complexity index is 249. The van der Waals surface area contributed by atoms with Crippen molar-refractivity contribution in [1.82, 2.24) is 0 Å². The molecule has 17 heavy (non-hydrogen) atoms. The van der Waals surface area contributed by atoms with Gasteiger partial charge in [0.2, 0.25) is 0 Å². The first-order chi connectivity index (χ1) is 7.85. The van der Waals surface area contributed by atoms with Crippen molar-refractivity contribution < 1.29 is 18.4 Å². The van der Waals surface area contributed by atoms with Crippen molar-refractivity contribution >= 4 is 13.9 Å². The zero-order valence-corrected chi connectivity index (χ0v) is 12.4. The molecule has 0 N–H and O–H groups in total. The topological polar surface area (TPSA) is 52.6 Å². The third-order valence-electron chi connectivity index (χ3n) is 2.15. The number of rotatable bonds is 9. The van der Waals surface area contributed by atoms with E-state index in [1.54, 1.807) is 0 Å². The maximum absolute atomic E-state index is 12.7. The second kappa shape index (κ2) is 8.02. The van der Waals surface area contributed by atoms with Gasteiger partial charge in [0.1, 0.15) is 6.29 Å². The fraction of sp³-hybridized carbons (Fsp3) is 0.917. The van der Waals surface area contributed by atoms with Crippen LogP contribution < -0.4 is 0 Å². The zero-order chi connectivity index (χ0) is 13.5. The van der Waals surface area contributed by atoms with Crippen LogP contribution in [0.25, 0.3) is 0 Å². The van der Waals surface area contributed by atoms with Crippen molar-refractivity contribution in [3.8, 4) is 0 Å². The van der Waals surface area contributed by atoms with E-state index >= 15 is 0 Å². The summed E-state index contributed by atoms with van der Waals surface area (Å²) in [7, 11) is -3.21. The smallest absolute Gasteiger partial charge is 0.306 e. The Morgan fingerprint density at radius 3 is 1.88 bits per heavy atom. The van der Waals surface area contributed by atoms with Gasteiger partial charge in [0.05, 0.1) is 17.9 Å². The Kier molecular flexibility index (Phi) is 7.93. The van der Waals surface area contributed by atoms with Crippen molar-refractivity contribution in [3.05, 3.63) is 0 Å². The molecule has 0 aromatic heterocycles. The summed E-state index contributed by atoms with van der Waals surface area (Å²) < 4.78 is 23.7. The van der Waals surface area contributed by atoms with E-state index in [9.17, 15) is 9.36 Å². The SMILES string of the molecule is CCC[C@H](CC=O)P(=O)(OC(C)C)OC(C)C. The van der Waals surface area contributed by atoms with Crippen LogP contribution in [0.15, 0.2) is 0 Å². The van der Waals surface area contributed by atoms with Crippen molar-refractivity contribution in [2.45, 2.75) is 71.7 Å². The van der Waals surface area contributed by atoms with E-state index in [0.29, 0.717) is 6.42 Å². The Hall–Kier alpha value is -0.180. The Balaban J connectivity index is 4.94. The molecule has 0 unspecified atom stereocenters. The van der Waals surface area contributed by atoms with Gasteiger partial charge in [-0.15, -0.1) is 0 Å². The lowest BCUT2D eigenvalue weighted by molar-refractivity contribution is -0.108. The fourth-order valence-corrected chi connectivity index (χ4v) is 4.12. The van der Waals surface area contributed by atoms with Crippen LogP contribution in [0, 0.1) is 0 Å². The Morgan fingerprint density at radius 1 is 1.12 bits per heavy atom. The molecule has 0 heterocycles. The molecule has 0 aromatic carbocycles. The number of carbonyl (C=O) groups is 1. The Morgan fingerprint density at radius 2 is 1.59 bits per heavy atom. The van der Waals surface area contributed by atoms with Gasteiger partial charge in [0.25, 0.3) is 0 Å². The highest BCUT2D eigenvalue weighted by Crippen LogP contribution is 2.57. The van der Waals surface area contributed by atoms with Gasteiger partial charge in [-0.05, 0) is 34.1 Å².